The van der Waals surface area contributed by atoms with Crippen LogP contribution in [-0.2, 0) is 0 Å². The van der Waals surface area contributed by atoms with E-state index in [0.29, 0.717) is 22.2 Å². The summed E-state index contributed by atoms with van der Waals surface area (Å²) in [4.78, 5) is 21.6. The fourth-order valence-electron chi connectivity index (χ4n) is 2.04. The molecule has 3 rings (SSSR count). The topological polar surface area (TPSA) is 111 Å². The lowest BCUT2D eigenvalue weighted by Gasteiger charge is -2.00. The lowest BCUT2D eigenvalue weighted by molar-refractivity contribution is -0.383. The van der Waals surface area contributed by atoms with Crippen molar-refractivity contribution in [3.05, 3.63) is 46.8 Å². The Morgan fingerprint density at radius 3 is 2.89 bits per heavy atom. The van der Waals surface area contributed by atoms with E-state index in [0.717, 1.165) is 0 Å². The number of nitrogens with one attached hydrogen (secondary N) is 1. The lowest BCUT2D eigenvalue weighted by Crippen LogP contribution is -1.95. The summed E-state index contributed by atoms with van der Waals surface area (Å²) in [5.74, 6) is 0.130. The van der Waals surface area contributed by atoms with Crippen LogP contribution in [0.25, 0.3) is 22.2 Å². The van der Waals surface area contributed by atoms with Crippen molar-refractivity contribution in [2.24, 2.45) is 0 Å². The van der Waals surface area contributed by atoms with Crippen molar-refractivity contribution in [3.63, 3.8) is 0 Å². The highest BCUT2D eigenvalue weighted by atomic mass is 16.6. The summed E-state index contributed by atoms with van der Waals surface area (Å²) < 4.78 is 0. The first kappa shape index (κ1) is 11.1. The number of aromatic amines is 1. The largest absolute Gasteiger partial charge is 0.368 e. The van der Waals surface area contributed by atoms with Gasteiger partial charge in [-0.15, -0.1) is 0 Å². The molecule has 0 bridgehead atoms. The maximum absolute atomic E-state index is 11.1. The van der Waals surface area contributed by atoms with Crippen LogP contribution in [0.1, 0.15) is 0 Å². The highest BCUT2D eigenvalue weighted by Gasteiger charge is 2.18. The Kier molecular flexibility index (Phi) is 2.38. The molecule has 7 heteroatoms. The van der Waals surface area contributed by atoms with Crippen molar-refractivity contribution >= 4 is 22.5 Å². The van der Waals surface area contributed by atoms with Crippen molar-refractivity contribution in [1.29, 1.82) is 0 Å². The third kappa shape index (κ3) is 1.77. The molecule has 0 saturated carbocycles. The van der Waals surface area contributed by atoms with Gasteiger partial charge in [-0.05, 0) is 12.1 Å². The number of hydrogen-bond donors (Lipinski definition) is 2. The van der Waals surface area contributed by atoms with Crippen LogP contribution >= 0.6 is 0 Å². The molecule has 0 amide bonds. The molecule has 0 unspecified atom stereocenters. The first-order chi connectivity index (χ1) is 9.16. The quantitative estimate of drug-likeness (QED) is 0.538. The van der Waals surface area contributed by atoms with Crippen molar-refractivity contribution in [1.82, 2.24) is 15.0 Å². The summed E-state index contributed by atoms with van der Waals surface area (Å²) in [5.41, 5.74) is 7.44. The molecule has 19 heavy (non-hydrogen) atoms. The monoisotopic (exact) mass is 255 g/mol. The number of nitrogens with two attached hydrogens (primary N) is 1. The summed E-state index contributed by atoms with van der Waals surface area (Å²) in [7, 11) is 0. The van der Waals surface area contributed by atoms with Crippen LogP contribution in [0.3, 0.4) is 0 Å². The molecule has 2 aromatic heterocycles. The number of aromatic nitrogens is 3. The number of anilines is 1. The molecule has 0 aliphatic heterocycles. The Balaban J connectivity index is 2.33. The Morgan fingerprint density at radius 1 is 1.32 bits per heavy atom. The normalized spacial score (nSPS) is 10.7. The number of nitrogen functional groups attached to an aromatic ring is 1. The summed E-state index contributed by atoms with van der Waals surface area (Å²) in [6.07, 6.45) is 3.20. The fraction of sp³-hybridized carbons (Fsp3) is 0. The molecule has 0 aliphatic rings. The van der Waals surface area contributed by atoms with Gasteiger partial charge in [0.05, 0.1) is 21.5 Å². The summed E-state index contributed by atoms with van der Waals surface area (Å²) >= 11 is 0. The molecule has 0 radical (unpaired) electrons. The highest BCUT2D eigenvalue weighted by molar-refractivity contribution is 6.01. The number of nitro benzene ring substituents is 1. The molecular formula is C12H9N5O2. The number of hydrogen-bond acceptors (Lipinski definition) is 5. The van der Waals surface area contributed by atoms with E-state index in [1.54, 1.807) is 24.4 Å². The molecule has 0 aliphatic carbocycles. The average molecular weight is 255 g/mol. The molecule has 2 heterocycles. The molecule has 3 aromatic rings. The number of benzene rings is 1. The van der Waals surface area contributed by atoms with Crippen molar-refractivity contribution < 1.29 is 4.92 Å². The Morgan fingerprint density at radius 2 is 2.16 bits per heavy atom. The maximum atomic E-state index is 11.1. The van der Waals surface area contributed by atoms with Crippen molar-refractivity contribution in [2.45, 2.75) is 0 Å². The van der Waals surface area contributed by atoms with Crippen LogP contribution in [0.2, 0.25) is 0 Å². The number of nitro groups is 1. The van der Waals surface area contributed by atoms with Crippen LogP contribution in [0.5, 0.6) is 0 Å². The molecule has 0 fully saturated rings. The van der Waals surface area contributed by atoms with Gasteiger partial charge in [-0.3, -0.25) is 10.1 Å². The Bertz CT molecular complexity index is 781. The molecule has 1 aromatic carbocycles. The molecule has 94 valence electrons. The Hall–Kier alpha value is -2.96. The van der Waals surface area contributed by atoms with Gasteiger partial charge in [-0.2, -0.15) is 0 Å². The van der Waals surface area contributed by atoms with Crippen LogP contribution in [0.15, 0.2) is 36.7 Å². The van der Waals surface area contributed by atoms with Crippen LogP contribution in [0.4, 0.5) is 11.6 Å². The van der Waals surface area contributed by atoms with Crippen LogP contribution < -0.4 is 5.73 Å². The van der Waals surface area contributed by atoms with E-state index in [-0.39, 0.29) is 11.6 Å². The van der Waals surface area contributed by atoms with Gasteiger partial charge >= 0.3 is 0 Å². The Labute approximate surface area is 107 Å². The molecule has 3 N–H and O–H groups in total. The van der Waals surface area contributed by atoms with E-state index in [1.165, 1.54) is 12.3 Å². The fourth-order valence-corrected chi connectivity index (χ4v) is 2.04. The zero-order valence-electron chi connectivity index (χ0n) is 9.70. The lowest BCUT2D eigenvalue weighted by atomic mass is 10.1. The summed E-state index contributed by atoms with van der Waals surface area (Å²) in [6.45, 7) is 0. The smallest absolute Gasteiger partial charge is 0.279 e. The van der Waals surface area contributed by atoms with Gasteiger partial charge < -0.3 is 10.7 Å². The van der Waals surface area contributed by atoms with Gasteiger partial charge in [-0.1, -0.05) is 6.07 Å². The zero-order chi connectivity index (χ0) is 13.4. The second-order valence-electron chi connectivity index (χ2n) is 3.96. The number of nitrogens with zero attached hydrogens (tertiary/aromatic N) is 3. The van der Waals surface area contributed by atoms with E-state index in [1.807, 2.05) is 0 Å². The zero-order valence-corrected chi connectivity index (χ0v) is 9.70. The molecule has 0 saturated heterocycles. The van der Waals surface area contributed by atoms with Gasteiger partial charge in [0.15, 0.2) is 0 Å². The van der Waals surface area contributed by atoms with Gasteiger partial charge in [0.2, 0.25) is 5.95 Å². The predicted octanol–water partition coefficient (Wildman–Crippen LogP) is 2.12. The molecule has 0 spiro atoms. The van der Waals surface area contributed by atoms with E-state index in [2.05, 4.69) is 15.0 Å². The van der Waals surface area contributed by atoms with Crippen LogP contribution in [-0.4, -0.2) is 19.9 Å². The molecule has 0 atom stereocenters. The standard InChI is InChI=1S/C12H9N5O2/c13-12-14-5-4-8(16-12)7-6-15-9-2-1-3-10(11(7)9)17(18)19/h1-6,15H,(H2,13,14,16). The minimum Gasteiger partial charge on any atom is -0.368 e. The molecular weight excluding hydrogens is 246 g/mol. The van der Waals surface area contributed by atoms with Crippen LogP contribution in [0, 0.1) is 10.1 Å². The number of rotatable bonds is 2. The van der Waals surface area contributed by atoms with Crippen molar-refractivity contribution in [2.75, 3.05) is 5.73 Å². The average Bonchev–Trinajstić information content (AvgIpc) is 2.82. The summed E-state index contributed by atoms with van der Waals surface area (Å²) in [6, 6.07) is 6.53. The number of non-ortho nitro benzene ring substituents is 1. The van der Waals surface area contributed by atoms with Gasteiger partial charge in [0.1, 0.15) is 0 Å². The minimum atomic E-state index is -0.412. The first-order valence-corrected chi connectivity index (χ1v) is 5.50. The van der Waals surface area contributed by atoms with E-state index in [9.17, 15) is 10.1 Å². The highest BCUT2D eigenvalue weighted by Crippen LogP contribution is 2.34. The SMILES string of the molecule is Nc1nccc(-c2c[nH]c3cccc([N+](=O)[O-])c23)n1. The summed E-state index contributed by atoms with van der Waals surface area (Å²) in [5, 5.41) is 11.6. The third-order valence-corrected chi connectivity index (χ3v) is 2.83. The third-order valence-electron chi connectivity index (χ3n) is 2.83. The van der Waals surface area contributed by atoms with E-state index < -0.39 is 4.92 Å². The number of H-pyrrole nitrogens is 1. The van der Waals surface area contributed by atoms with Gasteiger partial charge in [0.25, 0.3) is 5.69 Å². The predicted molar refractivity (Wildman–Crippen MR) is 70.4 cm³/mol. The molecule has 7 nitrogen and oxygen atoms in total. The maximum Gasteiger partial charge on any atom is 0.279 e. The van der Waals surface area contributed by atoms with Gasteiger partial charge in [0, 0.05) is 24.0 Å². The van der Waals surface area contributed by atoms with E-state index >= 15 is 0 Å². The van der Waals surface area contributed by atoms with Crippen molar-refractivity contribution in [3.8, 4) is 11.3 Å². The minimum absolute atomic E-state index is 0.0333. The number of fused-ring (bicyclic) bond motifs is 1. The van der Waals surface area contributed by atoms with Gasteiger partial charge in [-0.25, -0.2) is 9.97 Å². The second-order valence-corrected chi connectivity index (χ2v) is 3.96. The second kappa shape index (κ2) is 4.05. The van der Waals surface area contributed by atoms with E-state index in [4.69, 9.17) is 5.73 Å². The first-order valence-electron chi connectivity index (χ1n) is 5.50.